The molecule has 7 heteroatoms. The topological polar surface area (TPSA) is 66.5 Å². The Morgan fingerprint density at radius 1 is 1.24 bits per heavy atom. The van der Waals surface area contributed by atoms with Crippen molar-refractivity contribution in [2.45, 2.75) is 61.8 Å². The van der Waals surface area contributed by atoms with E-state index < -0.39 is 10.0 Å². The number of nitrogens with one attached hydrogen (secondary N) is 1. The van der Waals surface area contributed by atoms with Crippen molar-refractivity contribution in [3.8, 4) is 0 Å². The van der Waals surface area contributed by atoms with Gasteiger partial charge in [-0.05, 0) is 62.0 Å². The molecule has 1 amide bonds. The lowest BCUT2D eigenvalue weighted by Gasteiger charge is -2.27. The van der Waals surface area contributed by atoms with E-state index in [9.17, 15) is 13.2 Å². The highest BCUT2D eigenvalue weighted by molar-refractivity contribution is 7.99. The third kappa shape index (κ3) is 4.38. The predicted octanol–water partition coefficient (Wildman–Crippen LogP) is 3.39. The van der Waals surface area contributed by atoms with Gasteiger partial charge >= 0.3 is 0 Å². The molecule has 2 aliphatic rings. The van der Waals surface area contributed by atoms with Crippen LogP contribution in [0.2, 0.25) is 0 Å². The predicted molar refractivity (Wildman–Crippen MR) is 102 cm³/mol. The Morgan fingerprint density at radius 3 is 2.64 bits per heavy atom. The van der Waals surface area contributed by atoms with Crippen molar-refractivity contribution in [1.29, 1.82) is 0 Å². The van der Waals surface area contributed by atoms with Gasteiger partial charge in [0.25, 0.3) is 0 Å². The molecule has 0 unspecified atom stereocenters. The standard InChI is InChI=1S/C18H26N2O3S2/c1-13-4-6-15(7-5-13)19-25(22,23)16-8-9-18-17(12-16)20(14(2)21)10-3-11-24-18/h8-9,12-13,15,19H,3-7,10-11H2,1-2H3. The van der Waals surface area contributed by atoms with E-state index in [-0.39, 0.29) is 16.8 Å². The highest BCUT2D eigenvalue weighted by Gasteiger charge is 2.26. The first-order valence-electron chi connectivity index (χ1n) is 8.94. The smallest absolute Gasteiger partial charge is 0.240 e. The van der Waals surface area contributed by atoms with Crippen molar-refractivity contribution >= 4 is 33.4 Å². The van der Waals surface area contributed by atoms with Crippen molar-refractivity contribution in [3.05, 3.63) is 18.2 Å². The maximum Gasteiger partial charge on any atom is 0.240 e. The number of hydrogen-bond donors (Lipinski definition) is 1. The molecule has 0 saturated heterocycles. The number of amides is 1. The molecule has 1 saturated carbocycles. The normalized spacial score (nSPS) is 24.5. The summed E-state index contributed by atoms with van der Waals surface area (Å²) in [5, 5.41) is 0. The number of anilines is 1. The van der Waals surface area contributed by atoms with Crippen LogP contribution in [-0.4, -0.2) is 32.7 Å². The third-order valence-electron chi connectivity index (χ3n) is 5.03. The quantitative estimate of drug-likeness (QED) is 0.870. The summed E-state index contributed by atoms with van der Waals surface area (Å²) in [5.74, 6) is 1.56. The van der Waals surface area contributed by atoms with Crippen LogP contribution in [-0.2, 0) is 14.8 Å². The Labute approximate surface area is 154 Å². The average Bonchev–Trinajstić information content (AvgIpc) is 2.78. The zero-order valence-electron chi connectivity index (χ0n) is 14.8. The lowest BCUT2D eigenvalue weighted by Crippen LogP contribution is -2.37. The summed E-state index contributed by atoms with van der Waals surface area (Å²) < 4.78 is 28.5. The fourth-order valence-electron chi connectivity index (χ4n) is 3.52. The molecule has 0 atom stereocenters. The molecule has 0 bridgehead atoms. The van der Waals surface area contributed by atoms with Crippen LogP contribution in [0.25, 0.3) is 0 Å². The molecular weight excluding hydrogens is 356 g/mol. The summed E-state index contributed by atoms with van der Waals surface area (Å²) in [4.78, 5) is 14.9. The SMILES string of the molecule is CC(=O)N1CCCSc2ccc(S(=O)(=O)NC3CCC(C)CC3)cc21. The molecule has 1 N–H and O–H groups in total. The number of thioether (sulfide) groups is 1. The molecule has 1 aromatic rings. The molecule has 3 rings (SSSR count). The fraction of sp³-hybridized carbons (Fsp3) is 0.611. The summed E-state index contributed by atoms with van der Waals surface area (Å²) in [6, 6.07) is 5.16. The summed E-state index contributed by atoms with van der Waals surface area (Å²) in [6.45, 7) is 4.38. The summed E-state index contributed by atoms with van der Waals surface area (Å²) >= 11 is 1.68. The second-order valence-corrected chi connectivity index (χ2v) is 9.93. The van der Waals surface area contributed by atoms with Crippen LogP contribution in [0.3, 0.4) is 0 Å². The monoisotopic (exact) mass is 382 g/mol. The number of carbonyl (C=O) groups excluding carboxylic acids is 1. The van der Waals surface area contributed by atoms with Crippen LogP contribution in [0, 0.1) is 5.92 Å². The van der Waals surface area contributed by atoms with Crippen molar-refractivity contribution in [3.63, 3.8) is 0 Å². The van der Waals surface area contributed by atoms with E-state index in [0.29, 0.717) is 12.5 Å². The second kappa shape index (κ2) is 7.68. The Bertz CT molecular complexity index is 741. The second-order valence-electron chi connectivity index (χ2n) is 7.08. The van der Waals surface area contributed by atoms with Crippen LogP contribution in [0.15, 0.2) is 28.0 Å². The average molecular weight is 383 g/mol. The first kappa shape index (κ1) is 18.7. The maximum absolute atomic E-state index is 12.8. The Morgan fingerprint density at radius 2 is 1.96 bits per heavy atom. The van der Waals surface area contributed by atoms with E-state index in [0.717, 1.165) is 48.4 Å². The molecule has 138 valence electrons. The third-order valence-corrected chi connectivity index (χ3v) is 7.70. The molecule has 5 nitrogen and oxygen atoms in total. The molecule has 0 spiro atoms. The number of carbonyl (C=O) groups is 1. The lowest BCUT2D eigenvalue weighted by molar-refractivity contribution is -0.116. The van der Waals surface area contributed by atoms with E-state index in [2.05, 4.69) is 11.6 Å². The zero-order chi connectivity index (χ0) is 18.0. The molecule has 25 heavy (non-hydrogen) atoms. The Balaban J connectivity index is 1.86. The van der Waals surface area contributed by atoms with E-state index in [4.69, 9.17) is 0 Å². The van der Waals surface area contributed by atoms with E-state index >= 15 is 0 Å². The van der Waals surface area contributed by atoms with E-state index in [1.165, 1.54) is 6.92 Å². The first-order chi connectivity index (χ1) is 11.9. The summed E-state index contributed by atoms with van der Waals surface area (Å²) in [7, 11) is -3.57. The zero-order valence-corrected chi connectivity index (χ0v) is 16.5. The molecule has 1 aliphatic heterocycles. The van der Waals surface area contributed by atoms with Crippen LogP contribution < -0.4 is 9.62 Å². The van der Waals surface area contributed by atoms with Gasteiger partial charge < -0.3 is 4.90 Å². The van der Waals surface area contributed by atoms with Gasteiger partial charge in [-0.15, -0.1) is 11.8 Å². The molecule has 1 heterocycles. The molecular formula is C18H26N2O3S2. The Hall–Kier alpha value is -1.05. The first-order valence-corrected chi connectivity index (χ1v) is 11.4. The van der Waals surface area contributed by atoms with Gasteiger partial charge in [0.1, 0.15) is 0 Å². The largest absolute Gasteiger partial charge is 0.311 e. The number of hydrogen-bond acceptors (Lipinski definition) is 4. The van der Waals surface area contributed by atoms with Crippen LogP contribution >= 0.6 is 11.8 Å². The van der Waals surface area contributed by atoms with E-state index in [1.807, 2.05) is 6.07 Å². The van der Waals surface area contributed by atoms with Crippen molar-refractivity contribution in [1.82, 2.24) is 4.72 Å². The van der Waals surface area contributed by atoms with Crippen LogP contribution in [0.5, 0.6) is 0 Å². The van der Waals surface area contributed by atoms with Crippen molar-refractivity contribution in [2.24, 2.45) is 5.92 Å². The van der Waals surface area contributed by atoms with Crippen LogP contribution in [0.4, 0.5) is 5.69 Å². The highest BCUT2D eigenvalue weighted by Crippen LogP contribution is 2.36. The number of fused-ring (bicyclic) bond motifs is 1. The molecule has 1 aliphatic carbocycles. The molecule has 0 aromatic heterocycles. The number of rotatable bonds is 3. The van der Waals surface area contributed by atoms with Gasteiger partial charge in [-0.2, -0.15) is 0 Å². The van der Waals surface area contributed by atoms with E-state index in [1.54, 1.807) is 28.8 Å². The summed E-state index contributed by atoms with van der Waals surface area (Å²) in [5.41, 5.74) is 0.718. The molecule has 1 aromatic carbocycles. The Kier molecular flexibility index (Phi) is 5.75. The molecule has 1 fully saturated rings. The lowest BCUT2D eigenvalue weighted by atomic mass is 9.88. The van der Waals surface area contributed by atoms with Gasteiger partial charge in [0.15, 0.2) is 0 Å². The van der Waals surface area contributed by atoms with Gasteiger partial charge in [-0.3, -0.25) is 4.79 Å². The highest BCUT2D eigenvalue weighted by atomic mass is 32.2. The maximum atomic E-state index is 12.8. The van der Waals surface area contributed by atoms with Crippen LogP contribution in [0.1, 0.15) is 46.0 Å². The van der Waals surface area contributed by atoms with Gasteiger partial charge in [0, 0.05) is 24.4 Å². The number of benzene rings is 1. The number of sulfonamides is 1. The van der Waals surface area contributed by atoms with Gasteiger partial charge in [0.2, 0.25) is 15.9 Å². The fourth-order valence-corrected chi connectivity index (χ4v) is 5.81. The minimum atomic E-state index is -3.57. The van der Waals surface area contributed by atoms with Gasteiger partial charge in [-0.25, -0.2) is 13.1 Å². The van der Waals surface area contributed by atoms with Gasteiger partial charge in [0.05, 0.1) is 10.6 Å². The number of nitrogens with zero attached hydrogens (tertiary/aromatic N) is 1. The molecule has 0 radical (unpaired) electrons. The van der Waals surface area contributed by atoms with Gasteiger partial charge in [-0.1, -0.05) is 6.92 Å². The minimum Gasteiger partial charge on any atom is -0.311 e. The summed E-state index contributed by atoms with van der Waals surface area (Å²) in [6.07, 6.45) is 4.80. The minimum absolute atomic E-state index is 0.0123. The van der Waals surface area contributed by atoms with Crippen molar-refractivity contribution in [2.75, 3.05) is 17.2 Å². The van der Waals surface area contributed by atoms with Crippen molar-refractivity contribution < 1.29 is 13.2 Å².